The zero-order valence-corrected chi connectivity index (χ0v) is 14.3. The standard InChI is InChI=1S/C20H18N4O/c1-23(2)20(25)24-9-8-19-18(14-24)11-17(13-22-19)7-6-15-4-3-5-16(10-15)12-21/h3-5,10-11,13H,8-9,14H2,1-2H3. The van der Waals surface area contributed by atoms with Crippen molar-refractivity contribution in [1.29, 1.82) is 5.26 Å². The number of aromatic nitrogens is 1. The Labute approximate surface area is 147 Å². The van der Waals surface area contributed by atoms with Crippen LogP contribution in [0.3, 0.4) is 0 Å². The van der Waals surface area contributed by atoms with E-state index in [1.54, 1.807) is 37.3 Å². The Morgan fingerprint density at radius 1 is 1.20 bits per heavy atom. The van der Waals surface area contributed by atoms with Crippen LogP contribution in [0, 0.1) is 23.2 Å². The Hall–Kier alpha value is -3.31. The highest BCUT2D eigenvalue weighted by Gasteiger charge is 2.22. The second-order valence-electron chi connectivity index (χ2n) is 6.12. The average molecular weight is 330 g/mol. The fourth-order valence-electron chi connectivity index (χ4n) is 2.75. The summed E-state index contributed by atoms with van der Waals surface area (Å²) in [6.07, 6.45) is 2.52. The molecule has 1 aromatic heterocycles. The van der Waals surface area contributed by atoms with Crippen molar-refractivity contribution in [3.63, 3.8) is 0 Å². The van der Waals surface area contributed by atoms with E-state index in [4.69, 9.17) is 5.26 Å². The Morgan fingerprint density at radius 2 is 1.96 bits per heavy atom. The van der Waals surface area contributed by atoms with Crippen LogP contribution in [0.4, 0.5) is 4.79 Å². The van der Waals surface area contributed by atoms with Gasteiger partial charge in [0.05, 0.1) is 11.6 Å². The molecular weight excluding hydrogens is 312 g/mol. The molecule has 5 heteroatoms. The zero-order chi connectivity index (χ0) is 17.8. The van der Waals surface area contributed by atoms with Gasteiger partial charge >= 0.3 is 6.03 Å². The van der Waals surface area contributed by atoms with Gasteiger partial charge in [-0.3, -0.25) is 4.98 Å². The lowest BCUT2D eigenvalue weighted by Gasteiger charge is -2.30. The van der Waals surface area contributed by atoms with Crippen molar-refractivity contribution in [3.05, 3.63) is 64.5 Å². The van der Waals surface area contributed by atoms with Crippen molar-refractivity contribution in [2.75, 3.05) is 20.6 Å². The number of fused-ring (bicyclic) bond motifs is 1. The second kappa shape index (κ2) is 7.07. The number of urea groups is 1. The Bertz CT molecular complexity index is 915. The first-order valence-electron chi connectivity index (χ1n) is 8.03. The van der Waals surface area contributed by atoms with Crippen LogP contribution in [0.1, 0.15) is 27.9 Å². The highest BCUT2D eigenvalue weighted by molar-refractivity contribution is 5.74. The van der Waals surface area contributed by atoms with Crippen molar-refractivity contribution in [2.45, 2.75) is 13.0 Å². The first kappa shape index (κ1) is 16.5. The molecule has 1 aliphatic rings. The summed E-state index contributed by atoms with van der Waals surface area (Å²) in [5, 5.41) is 8.94. The largest absolute Gasteiger partial charge is 0.331 e. The van der Waals surface area contributed by atoms with Crippen molar-refractivity contribution in [1.82, 2.24) is 14.8 Å². The number of nitriles is 1. The zero-order valence-electron chi connectivity index (χ0n) is 14.3. The maximum Gasteiger partial charge on any atom is 0.319 e. The predicted molar refractivity (Wildman–Crippen MR) is 94.6 cm³/mol. The van der Waals surface area contributed by atoms with Gasteiger partial charge in [0.1, 0.15) is 0 Å². The van der Waals surface area contributed by atoms with Gasteiger partial charge in [0.25, 0.3) is 0 Å². The predicted octanol–water partition coefficient (Wildman–Crippen LogP) is 2.39. The third-order valence-electron chi connectivity index (χ3n) is 4.04. The summed E-state index contributed by atoms with van der Waals surface area (Å²) in [4.78, 5) is 20.0. The molecule has 5 nitrogen and oxygen atoms in total. The maximum absolute atomic E-state index is 12.1. The number of benzene rings is 1. The maximum atomic E-state index is 12.1. The first-order chi connectivity index (χ1) is 12.1. The molecule has 2 amide bonds. The van der Waals surface area contributed by atoms with Crippen LogP contribution in [0.5, 0.6) is 0 Å². The van der Waals surface area contributed by atoms with Crippen LogP contribution >= 0.6 is 0 Å². The van der Waals surface area contributed by atoms with E-state index >= 15 is 0 Å². The van der Waals surface area contributed by atoms with Gasteiger partial charge in [-0.25, -0.2) is 4.79 Å². The molecule has 0 spiro atoms. The minimum absolute atomic E-state index is 0.00968. The smallest absolute Gasteiger partial charge is 0.319 e. The van der Waals surface area contributed by atoms with Gasteiger partial charge in [0, 0.05) is 56.6 Å². The van der Waals surface area contributed by atoms with Gasteiger partial charge < -0.3 is 9.80 Å². The number of nitrogens with zero attached hydrogens (tertiary/aromatic N) is 4. The van der Waals surface area contributed by atoms with Gasteiger partial charge in [-0.1, -0.05) is 17.9 Å². The minimum Gasteiger partial charge on any atom is -0.331 e. The van der Waals surface area contributed by atoms with E-state index < -0.39 is 0 Å². The Kier molecular flexibility index (Phi) is 4.68. The molecule has 2 aromatic rings. The van der Waals surface area contributed by atoms with Crippen LogP contribution in [-0.4, -0.2) is 41.5 Å². The number of amides is 2. The van der Waals surface area contributed by atoms with Crippen LogP contribution in [0.25, 0.3) is 0 Å². The summed E-state index contributed by atoms with van der Waals surface area (Å²) in [6.45, 7) is 1.24. The van der Waals surface area contributed by atoms with E-state index in [2.05, 4.69) is 22.9 Å². The van der Waals surface area contributed by atoms with Gasteiger partial charge in [-0.05, 0) is 29.8 Å². The van der Waals surface area contributed by atoms with Crippen LogP contribution in [0.2, 0.25) is 0 Å². The van der Waals surface area contributed by atoms with Crippen LogP contribution in [-0.2, 0) is 13.0 Å². The number of hydrogen-bond donors (Lipinski definition) is 0. The average Bonchev–Trinajstić information content (AvgIpc) is 2.65. The monoisotopic (exact) mass is 330 g/mol. The number of rotatable bonds is 0. The van der Waals surface area contributed by atoms with E-state index in [-0.39, 0.29) is 6.03 Å². The molecule has 3 rings (SSSR count). The van der Waals surface area contributed by atoms with E-state index in [9.17, 15) is 4.79 Å². The topological polar surface area (TPSA) is 60.2 Å². The van der Waals surface area contributed by atoms with Gasteiger partial charge in [0.2, 0.25) is 0 Å². The number of carbonyl (C=O) groups is 1. The number of carbonyl (C=O) groups excluding carboxylic acids is 1. The normalized spacial score (nSPS) is 12.4. The minimum atomic E-state index is 0.00968. The third-order valence-corrected chi connectivity index (χ3v) is 4.04. The molecule has 0 N–H and O–H groups in total. The first-order valence-corrected chi connectivity index (χ1v) is 8.03. The molecule has 0 unspecified atom stereocenters. The van der Waals surface area contributed by atoms with Crippen LogP contribution < -0.4 is 0 Å². The molecule has 0 atom stereocenters. The van der Waals surface area contributed by atoms with Crippen LogP contribution in [0.15, 0.2) is 36.5 Å². The Balaban J connectivity index is 1.82. The Morgan fingerprint density at radius 3 is 2.72 bits per heavy atom. The van der Waals surface area contributed by atoms with Gasteiger partial charge in [-0.2, -0.15) is 5.26 Å². The molecule has 0 fully saturated rings. The van der Waals surface area contributed by atoms with E-state index in [0.717, 1.165) is 28.8 Å². The summed E-state index contributed by atoms with van der Waals surface area (Å²) in [6, 6.07) is 11.3. The van der Waals surface area contributed by atoms with Gasteiger partial charge in [-0.15, -0.1) is 0 Å². The molecule has 2 heterocycles. The molecule has 0 bridgehead atoms. The number of hydrogen-bond acceptors (Lipinski definition) is 3. The van der Waals surface area contributed by atoms with Gasteiger partial charge in [0.15, 0.2) is 0 Å². The lowest BCUT2D eigenvalue weighted by Crippen LogP contribution is -2.42. The lowest BCUT2D eigenvalue weighted by molar-refractivity contribution is 0.165. The molecule has 0 radical (unpaired) electrons. The van der Waals surface area contributed by atoms with Crippen molar-refractivity contribution >= 4 is 6.03 Å². The fourth-order valence-corrected chi connectivity index (χ4v) is 2.75. The van der Waals surface area contributed by atoms with Crippen molar-refractivity contribution in [3.8, 4) is 17.9 Å². The highest BCUT2D eigenvalue weighted by atomic mass is 16.2. The lowest BCUT2D eigenvalue weighted by atomic mass is 10.0. The quantitative estimate of drug-likeness (QED) is 0.697. The molecule has 1 aromatic carbocycles. The molecule has 124 valence electrons. The van der Waals surface area contributed by atoms with Crippen molar-refractivity contribution in [2.24, 2.45) is 0 Å². The second-order valence-corrected chi connectivity index (χ2v) is 6.12. The third kappa shape index (κ3) is 3.79. The summed E-state index contributed by atoms with van der Waals surface area (Å²) < 4.78 is 0. The SMILES string of the molecule is CN(C)C(=O)N1CCc2ncc(C#Cc3cccc(C#N)c3)cc2C1. The highest BCUT2D eigenvalue weighted by Crippen LogP contribution is 2.19. The molecule has 25 heavy (non-hydrogen) atoms. The summed E-state index contributed by atoms with van der Waals surface area (Å²) >= 11 is 0. The summed E-state index contributed by atoms with van der Waals surface area (Å²) in [7, 11) is 3.51. The van der Waals surface area contributed by atoms with Crippen molar-refractivity contribution < 1.29 is 4.79 Å². The summed E-state index contributed by atoms with van der Waals surface area (Å²) in [5.41, 5.74) is 4.26. The molecule has 0 saturated carbocycles. The molecule has 0 aliphatic carbocycles. The summed E-state index contributed by atoms with van der Waals surface area (Å²) in [5.74, 6) is 6.16. The van der Waals surface area contributed by atoms with E-state index in [1.807, 2.05) is 23.1 Å². The molecule has 1 aliphatic heterocycles. The van der Waals surface area contributed by atoms with E-state index in [1.165, 1.54) is 0 Å². The number of pyridine rings is 1. The van der Waals surface area contributed by atoms with E-state index in [0.29, 0.717) is 18.7 Å². The fraction of sp³-hybridized carbons (Fsp3) is 0.250. The molecular formula is C20H18N4O. The molecule has 0 saturated heterocycles.